The summed E-state index contributed by atoms with van der Waals surface area (Å²) in [6.45, 7) is 0.681. The first-order chi connectivity index (χ1) is 25.9. The smallest absolute Gasteiger partial charge is 0.122 e. The molecule has 3 aliphatic heterocycles. The molecule has 0 saturated carbocycles. The maximum atomic E-state index is 4.90. The third-order valence-corrected chi connectivity index (χ3v) is 10.1. The molecule has 5 aromatic carbocycles. The Morgan fingerprint density at radius 3 is 1.96 bits per heavy atom. The van der Waals surface area contributed by atoms with Gasteiger partial charge in [-0.15, -0.1) is 0 Å². The second kappa shape index (κ2) is 12.4. The molecule has 6 heteroatoms. The van der Waals surface area contributed by atoms with E-state index in [1.165, 1.54) is 11.4 Å². The van der Waals surface area contributed by atoms with Crippen molar-refractivity contribution >= 4 is 63.0 Å². The quantitative estimate of drug-likeness (QED) is 0.183. The molecule has 0 unspecified atom stereocenters. The van der Waals surface area contributed by atoms with E-state index in [1.807, 2.05) is 18.3 Å². The van der Waals surface area contributed by atoms with Crippen LogP contribution in [0.25, 0.3) is 5.57 Å². The Morgan fingerprint density at radius 1 is 0.558 bits per heavy atom. The summed E-state index contributed by atoms with van der Waals surface area (Å²) in [6.07, 6.45) is 14.2. The highest BCUT2D eigenvalue weighted by atomic mass is 15.3. The van der Waals surface area contributed by atoms with Gasteiger partial charge < -0.3 is 14.7 Å². The molecule has 246 valence electrons. The SMILES string of the molecule is c1ccc2c(c#1)N(c1cnc#cc1C1=C(N3C4=C(C=CCC4)N(c4ccccc4)c4ccccc43)C=NCC1)c1ccccc1N2c1ccccc1. The summed E-state index contributed by atoms with van der Waals surface area (Å²) in [6, 6.07) is 52.6. The van der Waals surface area contributed by atoms with Crippen LogP contribution in [0.15, 0.2) is 162 Å². The second-order valence-corrected chi connectivity index (χ2v) is 13.0. The van der Waals surface area contributed by atoms with Gasteiger partial charge in [0, 0.05) is 36.0 Å². The predicted molar refractivity (Wildman–Crippen MR) is 210 cm³/mol. The van der Waals surface area contributed by atoms with Crippen LogP contribution in [-0.2, 0) is 0 Å². The van der Waals surface area contributed by atoms with Crippen LogP contribution in [0, 0.1) is 24.4 Å². The van der Waals surface area contributed by atoms with Gasteiger partial charge in [0.15, 0.2) is 0 Å². The van der Waals surface area contributed by atoms with Crippen LogP contribution < -0.4 is 19.6 Å². The average molecular weight is 669 g/mol. The minimum absolute atomic E-state index is 0.681. The van der Waals surface area contributed by atoms with E-state index in [1.54, 1.807) is 0 Å². The van der Waals surface area contributed by atoms with Crippen LogP contribution in [0.2, 0.25) is 0 Å². The molecule has 0 amide bonds. The van der Waals surface area contributed by atoms with Gasteiger partial charge in [0.2, 0.25) is 0 Å². The Kier molecular flexibility index (Phi) is 7.11. The van der Waals surface area contributed by atoms with Crippen molar-refractivity contribution in [3.05, 3.63) is 187 Å². The molecule has 0 saturated heterocycles. The lowest BCUT2D eigenvalue weighted by atomic mass is 9.94. The number of hydrogen-bond donors (Lipinski definition) is 0. The number of aliphatic imine (C=N–C) groups is 1. The van der Waals surface area contributed by atoms with E-state index < -0.39 is 0 Å². The van der Waals surface area contributed by atoms with E-state index in [0.717, 1.165) is 87.3 Å². The lowest BCUT2D eigenvalue weighted by Crippen LogP contribution is -2.36. The van der Waals surface area contributed by atoms with Crippen molar-refractivity contribution in [3.63, 3.8) is 0 Å². The minimum atomic E-state index is 0.681. The summed E-state index contributed by atoms with van der Waals surface area (Å²) < 4.78 is 0. The van der Waals surface area contributed by atoms with Crippen molar-refractivity contribution in [1.82, 2.24) is 4.98 Å². The van der Waals surface area contributed by atoms with E-state index in [2.05, 4.69) is 177 Å². The van der Waals surface area contributed by atoms with E-state index in [9.17, 15) is 0 Å². The normalized spacial score (nSPS) is 15.8. The fourth-order valence-corrected chi connectivity index (χ4v) is 7.93. The first-order valence-electron chi connectivity index (χ1n) is 17.7. The standard InChI is InChI=1S/C46H32N6/c1-3-15-33(16-4-1)49-37-19-7-11-23-41(37)51(42-24-12-8-20-38(42)49)45-31-47-29-27-35(45)36-28-30-48-32-46(36)52-43-25-13-9-21-39(43)50(34-17-5-2-6-18-34)40-22-10-14-26-44(40)52/h1-11,13,15-23,25,31-32H,12,24,27,29H2. The first-order valence-corrected chi connectivity index (χ1v) is 17.7. The number of anilines is 9. The van der Waals surface area contributed by atoms with E-state index in [0.29, 0.717) is 6.54 Å². The Morgan fingerprint density at radius 2 is 1.21 bits per heavy atom. The summed E-state index contributed by atoms with van der Waals surface area (Å²) in [4.78, 5) is 18.9. The summed E-state index contributed by atoms with van der Waals surface area (Å²) in [5.41, 5.74) is 14.9. The van der Waals surface area contributed by atoms with Gasteiger partial charge in [0.25, 0.3) is 0 Å². The van der Waals surface area contributed by atoms with Gasteiger partial charge in [-0.25, -0.2) is 4.98 Å². The first kappa shape index (κ1) is 29.9. The zero-order valence-electron chi connectivity index (χ0n) is 28.4. The van der Waals surface area contributed by atoms with Crippen LogP contribution in [0.4, 0.5) is 51.2 Å². The largest absolute Gasteiger partial charge is 0.308 e. The van der Waals surface area contributed by atoms with Crippen molar-refractivity contribution in [2.75, 3.05) is 26.1 Å². The summed E-state index contributed by atoms with van der Waals surface area (Å²) in [5.74, 6) is 0. The number of fused-ring (bicyclic) bond motifs is 3. The van der Waals surface area contributed by atoms with Gasteiger partial charge in [-0.3, -0.25) is 9.89 Å². The monoisotopic (exact) mass is 668 g/mol. The second-order valence-electron chi connectivity index (χ2n) is 13.0. The molecular weight excluding hydrogens is 637 g/mol. The molecule has 1 aliphatic carbocycles. The van der Waals surface area contributed by atoms with E-state index in [-0.39, 0.29) is 0 Å². The average Bonchev–Trinajstić information content (AvgIpc) is 3.22. The minimum Gasteiger partial charge on any atom is -0.308 e. The molecule has 0 atom stereocenters. The van der Waals surface area contributed by atoms with Crippen molar-refractivity contribution in [1.29, 1.82) is 0 Å². The molecule has 0 spiro atoms. The highest BCUT2D eigenvalue weighted by Gasteiger charge is 2.36. The summed E-state index contributed by atoms with van der Waals surface area (Å²) in [5, 5.41) is 0. The zero-order valence-corrected chi connectivity index (χ0v) is 28.4. The molecule has 0 radical (unpaired) electrons. The number of benzene rings is 4. The molecule has 0 fully saturated rings. The maximum absolute atomic E-state index is 4.90. The van der Waals surface area contributed by atoms with E-state index >= 15 is 0 Å². The molecule has 0 N–H and O–H groups in total. The van der Waals surface area contributed by atoms with Crippen molar-refractivity contribution in [2.45, 2.75) is 19.3 Å². The van der Waals surface area contributed by atoms with Crippen LogP contribution in [0.5, 0.6) is 0 Å². The molecule has 10 rings (SSSR count). The van der Waals surface area contributed by atoms with Crippen LogP contribution >= 0.6 is 0 Å². The van der Waals surface area contributed by atoms with Crippen molar-refractivity contribution in [2.24, 2.45) is 4.99 Å². The molecule has 6 aromatic rings. The third kappa shape index (κ3) is 4.70. The number of para-hydroxylation sites is 6. The van der Waals surface area contributed by atoms with Gasteiger partial charge in [0.05, 0.1) is 57.3 Å². The summed E-state index contributed by atoms with van der Waals surface area (Å²) in [7, 11) is 0. The molecule has 52 heavy (non-hydrogen) atoms. The lowest BCUT2D eigenvalue weighted by molar-refractivity contribution is 0.852. The Labute approximate surface area is 304 Å². The van der Waals surface area contributed by atoms with E-state index in [4.69, 9.17) is 4.99 Å². The van der Waals surface area contributed by atoms with Crippen LogP contribution in [-0.4, -0.2) is 17.7 Å². The van der Waals surface area contributed by atoms with Crippen molar-refractivity contribution < 1.29 is 0 Å². The van der Waals surface area contributed by atoms with Gasteiger partial charge in [-0.05, 0) is 104 Å². The molecule has 1 aromatic heterocycles. The number of aromatic nitrogens is 1. The summed E-state index contributed by atoms with van der Waals surface area (Å²) >= 11 is 0. The number of allylic oxidation sites excluding steroid dienone is 4. The topological polar surface area (TPSA) is 38.2 Å². The lowest BCUT2D eigenvalue weighted by Gasteiger charge is -2.43. The highest BCUT2D eigenvalue weighted by molar-refractivity contribution is 6.06. The zero-order chi connectivity index (χ0) is 34.4. The van der Waals surface area contributed by atoms with Gasteiger partial charge in [-0.2, -0.15) is 0 Å². The number of nitrogens with zero attached hydrogens (tertiary/aromatic N) is 6. The van der Waals surface area contributed by atoms with Gasteiger partial charge in [0.1, 0.15) is 5.69 Å². The predicted octanol–water partition coefficient (Wildman–Crippen LogP) is 10.9. The highest BCUT2D eigenvalue weighted by Crippen LogP contribution is 2.55. The van der Waals surface area contributed by atoms with Crippen molar-refractivity contribution in [3.8, 4) is 0 Å². The molecule has 4 heterocycles. The molecule has 4 aliphatic rings. The number of hydrogen-bond acceptors (Lipinski definition) is 6. The Hall–Kier alpha value is -7.02. The Bertz CT molecular complexity index is 2400. The number of rotatable bonds is 5. The molecular formula is C46H32N6. The fraction of sp³-hybridized carbons (Fsp3) is 0.0870. The molecule has 6 nitrogen and oxygen atoms in total. The molecule has 0 bridgehead atoms. The number of dihydropyridines is 1. The van der Waals surface area contributed by atoms with Gasteiger partial charge >= 0.3 is 0 Å². The fourth-order valence-electron chi connectivity index (χ4n) is 7.93. The van der Waals surface area contributed by atoms with Crippen LogP contribution in [0.1, 0.15) is 24.8 Å². The van der Waals surface area contributed by atoms with Gasteiger partial charge in [-0.1, -0.05) is 72.8 Å². The maximum Gasteiger partial charge on any atom is 0.122 e. The third-order valence-electron chi connectivity index (χ3n) is 10.1. The Balaban J connectivity index is 1.18. The van der Waals surface area contributed by atoms with Crippen LogP contribution in [0.3, 0.4) is 0 Å².